The van der Waals surface area contributed by atoms with Gasteiger partial charge in [-0.1, -0.05) is 0 Å². The quantitative estimate of drug-likeness (QED) is 0.849. The first kappa shape index (κ1) is 14.1. The average Bonchev–Trinajstić information content (AvgIpc) is 2.24. The van der Waals surface area contributed by atoms with Crippen LogP contribution in [0.15, 0.2) is 18.2 Å². The fraction of sp³-hybridized carbons (Fsp3) is 0.273. The molecule has 0 aromatic heterocycles. The molecule has 1 N–H and O–H groups in total. The molecule has 98 valence electrons. The lowest BCUT2D eigenvalue weighted by Crippen LogP contribution is -2.28. The Balaban J connectivity index is 2.98. The van der Waals surface area contributed by atoms with Gasteiger partial charge in [-0.25, -0.2) is 4.39 Å². The summed E-state index contributed by atoms with van der Waals surface area (Å²) in [4.78, 5) is 22.0. The first-order chi connectivity index (χ1) is 8.21. The van der Waals surface area contributed by atoms with Gasteiger partial charge in [0, 0.05) is 5.56 Å². The van der Waals surface area contributed by atoms with Crippen LogP contribution in [0.25, 0.3) is 0 Å². The van der Waals surface area contributed by atoms with Gasteiger partial charge in [0.05, 0.1) is 12.1 Å². The fourth-order valence-electron chi connectivity index (χ4n) is 1.19. The van der Waals surface area contributed by atoms with E-state index in [0.29, 0.717) is 12.1 Å². The predicted molar refractivity (Wildman–Crippen MR) is 54.4 cm³/mol. The fourth-order valence-corrected chi connectivity index (χ4v) is 1.19. The lowest BCUT2D eigenvalue weighted by atomic mass is 10.1. The maximum Gasteiger partial charge on any atom is 0.419 e. The van der Waals surface area contributed by atoms with E-state index in [1.54, 1.807) is 0 Å². The number of hydrogen-bond acceptors (Lipinski definition) is 2. The van der Waals surface area contributed by atoms with Crippen LogP contribution >= 0.6 is 0 Å². The zero-order valence-corrected chi connectivity index (χ0v) is 9.27. The van der Waals surface area contributed by atoms with Crippen LogP contribution in [0, 0.1) is 5.82 Å². The van der Waals surface area contributed by atoms with E-state index in [1.165, 1.54) is 6.92 Å². The Kier molecular flexibility index (Phi) is 4.05. The highest BCUT2D eigenvalue weighted by Crippen LogP contribution is 2.31. The molecular weight excluding hydrogens is 254 g/mol. The molecule has 0 atom stereocenters. The number of Topliss-reactive ketones (excluding diaryl/α,β-unsaturated/α-hetero) is 1. The maximum atomic E-state index is 12.9. The van der Waals surface area contributed by atoms with Crippen molar-refractivity contribution in [1.82, 2.24) is 5.32 Å². The summed E-state index contributed by atoms with van der Waals surface area (Å²) in [5.74, 6) is -2.66. The van der Waals surface area contributed by atoms with E-state index >= 15 is 0 Å². The molecule has 0 aliphatic heterocycles. The molecule has 18 heavy (non-hydrogen) atoms. The van der Waals surface area contributed by atoms with Crippen molar-refractivity contribution in [1.29, 1.82) is 0 Å². The van der Waals surface area contributed by atoms with Crippen LogP contribution in [0.1, 0.15) is 22.8 Å². The monoisotopic (exact) mass is 263 g/mol. The molecule has 0 radical (unpaired) electrons. The third kappa shape index (κ3) is 3.54. The lowest BCUT2D eigenvalue weighted by molar-refractivity contribution is -0.140. The van der Waals surface area contributed by atoms with E-state index in [4.69, 9.17) is 0 Å². The number of halogens is 4. The number of carbonyl (C=O) groups is 2. The number of carbonyl (C=O) groups excluding carboxylic acids is 2. The van der Waals surface area contributed by atoms with Gasteiger partial charge in [0.1, 0.15) is 11.6 Å². The van der Waals surface area contributed by atoms with Gasteiger partial charge < -0.3 is 5.32 Å². The highest BCUT2D eigenvalue weighted by Gasteiger charge is 2.34. The molecule has 1 aromatic carbocycles. The number of rotatable bonds is 3. The summed E-state index contributed by atoms with van der Waals surface area (Å²) < 4.78 is 50.1. The van der Waals surface area contributed by atoms with Gasteiger partial charge in [0.15, 0.2) is 0 Å². The Hall–Kier alpha value is -1.92. The van der Waals surface area contributed by atoms with Crippen LogP contribution in [0.3, 0.4) is 0 Å². The predicted octanol–water partition coefficient (Wildman–Crippen LogP) is 2.16. The van der Waals surface area contributed by atoms with Crippen molar-refractivity contribution in [2.45, 2.75) is 13.1 Å². The van der Waals surface area contributed by atoms with Crippen molar-refractivity contribution in [3.63, 3.8) is 0 Å². The summed E-state index contributed by atoms with van der Waals surface area (Å²) in [5, 5.41) is 2.12. The minimum absolute atomic E-state index is 0.294. The van der Waals surface area contributed by atoms with Gasteiger partial charge in [0.2, 0.25) is 0 Å². The molecule has 1 aromatic rings. The summed E-state index contributed by atoms with van der Waals surface area (Å²) in [6.07, 6.45) is -4.87. The molecule has 0 fully saturated rings. The van der Waals surface area contributed by atoms with Crippen molar-refractivity contribution in [3.05, 3.63) is 35.1 Å². The topological polar surface area (TPSA) is 46.2 Å². The van der Waals surface area contributed by atoms with Crippen LogP contribution in [-0.4, -0.2) is 18.2 Å². The molecule has 0 saturated carbocycles. The Morgan fingerprint density at radius 3 is 2.39 bits per heavy atom. The molecule has 3 nitrogen and oxygen atoms in total. The molecule has 0 unspecified atom stereocenters. The zero-order valence-electron chi connectivity index (χ0n) is 9.27. The van der Waals surface area contributed by atoms with E-state index in [1.807, 2.05) is 0 Å². The Morgan fingerprint density at radius 1 is 1.28 bits per heavy atom. The van der Waals surface area contributed by atoms with Crippen LogP contribution in [0.4, 0.5) is 17.6 Å². The van der Waals surface area contributed by atoms with Gasteiger partial charge in [-0.15, -0.1) is 0 Å². The highest BCUT2D eigenvalue weighted by molar-refractivity contribution is 5.96. The van der Waals surface area contributed by atoms with Crippen molar-refractivity contribution in [3.8, 4) is 0 Å². The lowest BCUT2D eigenvalue weighted by Gasteiger charge is -2.10. The third-order valence-electron chi connectivity index (χ3n) is 2.03. The Bertz CT molecular complexity index is 482. The number of nitrogens with one attached hydrogen (secondary N) is 1. The second-order valence-corrected chi connectivity index (χ2v) is 3.58. The largest absolute Gasteiger partial charge is 0.419 e. The molecule has 0 heterocycles. The number of alkyl halides is 3. The zero-order chi connectivity index (χ0) is 13.9. The minimum atomic E-state index is -4.87. The van der Waals surface area contributed by atoms with Crippen LogP contribution in [0.5, 0.6) is 0 Å². The van der Waals surface area contributed by atoms with Gasteiger partial charge in [0.25, 0.3) is 5.91 Å². The van der Waals surface area contributed by atoms with Gasteiger partial charge in [-0.2, -0.15) is 13.2 Å². The smallest absolute Gasteiger partial charge is 0.345 e. The average molecular weight is 263 g/mol. The second kappa shape index (κ2) is 5.16. The summed E-state index contributed by atoms with van der Waals surface area (Å²) in [7, 11) is 0. The molecule has 1 amide bonds. The third-order valence-corrected chi connectivity index (χ3v) is 2.03. The van der Waals surface area contributed by atoms with Crippen LogP contribution in [-0.2, 0) is 11.0 Å². The standard InChI is InChI=1S/C11H9F4NO2/c1-6(17)5-16-10(18)7-2-3-9(12)8(4-7)11(13,14)15/h2-4H,5H2,1H3,(H,16,18). The number of benzene rings is 1. The molecule has 0 bridgehead atoms. The van der Waals surface area contributed by atoms with E-state index in [-0.39, 0.29) is 17.9 Å². The minimum Gasteiger partial charge on any atom is -0.345 e. The molecule has 0 aliphatic rings. The first-order valence-electron chi connectivity index (χ1n) is 4.86. The first-order valence-corrected chi connectivity index (χ1v) is 4.86. The van der Waals surface area contributed by atoms with Crippen molar-refractivity contribution >= 4 is 11.7 Å². The van der Waals surface area contributed by atoms with E-state index in [9.17, 15) is 27.2 Å². The maximum absolute atomic E-state index is 12.9. The Morgan fingerprint density at radius 2 is 1.89 bits per heavy atom. The normalized spacial score (nSPS) is 11.2. The van der Waals surface area contributed by atoms with E-state index in [2.05, 4.69) is 5.32 Å². The molecule has 0 saturated heterocycles. The number of amides is 1. The molecule has 7 heteroatoms. The molecular formula is C11H9F4NO2. The summed E-state index contributed by atoms with van der Waals surface area (Å²) in [5.41, 5.74) is -1.87. The van der Waals surface area contributed by atoms with Gasteiger partial charge >= 0.3 is 6.18 Å². The van der Waals surface area contributed by atoms with Crippen molar-refractivity contribution in [2.24, 2.45) is 0 Å². The molecule has 0 aliphatic carbocycles. The van der Waals surface area contributed by atoms with Crippen molar-refractivity contribution in [2.75, 3.05) is 6.54 Å². The van der Waals surface area contributed by atoms with Gasteiger partial charge in [-0.3, -0.25) is 9.59 Å². The van der Waals surface area contributed by atoms with Gasteiger partial charge in [-0.05, 0) is 25.1 Å². The summed E-state index contributed by atoms with van der Waals surface area (Å²) >= 11 is 0. The van der Waals surface area contributed by atoms with E-state index < -0.39 is 23.5 Å². The summed E-state index contributed by atoms with van der Waals surface area (Å²) in [6.45, 7) is 0.920. The Labute approximate surface area is 99.8 Å². The SMILES string of the molecule is CC(=O)CNC(=O)c1ccc(F)c(C(F)(F)F)c1. The number of hydrogen-bond donors (Lipinski definition) is 1. The van der Waals surface area contributed by atoms with E-state index in [0.717, 1.165) is 6.07 Å². The highest BCUT2D eigenvalue weighted by atomic mass is 19.4. The van der Waals surface area contributed by atoms with Crippen LogP contribution in [0.2, 0.25) is 0 Å². The van der Waals surface area contributed by atoms with Crippen LogP contribution < -0.4 is 5.32 Å². The molecule has 1 rings (SSSR count). The number of ketones is 1. The molecule has 0 spiro atoms. The summed E-state index contributed by atoms with van der Waals surface area (Å²) in [6, 6.07) is 1.89. The van der Waals surface area contributed by atoms with Crippen molar-refractivity contribution < 1.29 is 27.2 Å². The second-order valence-electron chi connectivity index (χ2n) is 3.58.